The van der Waals surface area contributed by atoms with Gasteiger partial charge in [0.2, 0.25) is 0 Å². The van der Waals surface area contributed by atoms with Crippen molar-refractivity contribution in [1.82, 2.24) is 4.90 Å². The van der Waals surface area contributed by atoms with E-state index in [2.05, 4.69) is 60.3 Å². The van der Waals surface area contributed by atoms with Gasteiger partial charge < -0.3 is 20.5 Å². The molecular weight excluding hydrogens is 358 g/mol. The predicted molar refractivity (Wildman–Crippen MR) is 78.5 cm³/mol. The van der Waals surface area contributed by atoms with Gasteiger partial charge in [0, 0.05) is 6.04 Å². The maximum atomic E-state index is 9.79. The second-order valence-electron chi connectivity index (χ2n) is 4.49. The number of aliphatic hydroxyl groups is 1. The minimum atomic E-state index is -0.0185. The monoisotopic (exact) mass is 386 g/mol. The molecule has 1 unspecified atom stereocenters. The van der Waals surface area contributed by atoms with E-state index in [-0.39, 0.29) is 12.6 Å². The Labute approximate surface area is 133 Å². The third kappa shape index (κ3) is 24.0. The molecule has 0 amide bonds. The molecule has 0 radical (unpaired) electrons. The Morgan fingerprint density at radius 1 is 1.32 bits per heavy atom. The first-order chi connectivity index (χ1) is 9.01. The van der Waals surface area contributed by atoms with Gasteiger partial charge >= 0.3 is 27.7 Å². The molecule has 0 rings (SSSR count). The first-order valence-corrected chi connectivity index (χ1v) is 8.57. The maximum absolute atomic E-state index is 9.79. The summed E-state index contributed by atoms with van der Waals surface area (Å²) in [6.45, 7) is 11.4. The molecule has 19 heavy (non-hydrogen) atoms. The molecule has 4 nitrogen and oxygen atoms in total. The number of nitrogens with zero attached hydrogens (tertiary/aromatic N) is 1. The van der Waals surface area contributed by atoms with Crippen LogP contribution >= 0.6 is 9.53 Å². The van der Waals surface area contributed by atoms with Gasteiger partial charge in [-0.3, -0.25) is 6.29 Å². The van der Waals surface area contributed by atoms with Gasteiger partial charge in [-0.05, 0) is 32.0 Å². The van der Waals surface area contributed by atoms with Crippen molar-refractivity contribution in [3.63, 3.8) is 0 Å². The van der Waals surface area contributed by atoms with E-state index >= 15 is 0 Å². The summed E-state index contributed by atoms with van der Waals surface area (Å²) >= 11 is 2.22. The topological polar surface area (TPSA) is 66.6 Å². The van der Waals surface area contributed by atoms with Crippen LogP contribution in [-0.2, 0) is 23.0 Å². The molecule has 0 aliphatic heterocycles. The zero-order valence-corrected chi connectivity index (χ0v) is 14.8. The van der Waals surface area contributed by atoms with Gasteiger partial charge in [-0.15, -0.1) is 6.42 Å². The summed E-state index contributed by atoms with van der Waals surface area (Å²) in [5.74, 6) is 0.595. The summed E-state index contributed by atoms with van der Waals surface area (Å²) in [5, 5.41) is 8.46. The van der Waals surface area contributed by atoms with Crippen molar-refractivity contribution in [1.29, 1.82) is 0 Å². The van der Waals surface area contributed by atoms with Crippen LogP contribution in [0.3, 0.4) is 0 Å². The van der Waals surface area contributed by atoms with Crippen LogP contribution in [0.25, 0.3) is 0 Å². The summed E-state index contributed by atoms with van der Waals surface area (Å²) in [6, 6.07) is -0.0185. The van der Waals surface area contributed by atoms with E-state index in [1.807, 2.05) is 6.29 Å². The van der Waals surface area contributed by atoms with Gasteiger partial charge in [-0.1, -0.05) is 27.7 Å². The average Bonchev–Trinajstić information content (AvgIpc) is 2.42. The summed E-state index contributed by atoms with van der Waals surface area (Å²) in [5.41, 5.74) is 5.42. The van der Waals surface area contributed by atoms with Gasteiger partial charge in [-0.2, -0.15) is 0 Å². The zero-order chi connectivity index (χ0) is 15.7. The molecule has 0 aromatic heterocycles. The molecule has 0 fully saturated rings. The average molecular weight is 387 g/mol. The van der Waals surface area contributed by atoms with Crippen LogP contribution in [0.1, 0.15) is 40.5 Å². The molecule has 0 saturated carbocycles. The molecule has 3 N–H and O–H groups in total. The molecule has 6 heteroatoms. The molecule has 1 atom stereocenters. The molecule has 0 bridgehead atoms. The van der Waals surface area contributed by atoms with Crippen molar-refractivity contribution in [2.45, 2.75) is 46.6 Å². The molecular formula is C13H29ClN2O2Pd. The van der Waals surface area contributed by atoms with E-state index in [0.29, 0.717) is 12.3 Å². The standard InChI is InChI=1S/C7H14NO.C6H15NO.ClH.Pd/c1-3-8(4-2)6-5-7-9;1-5(2)3-6(7)4-8;;/h3-6H2,1-2H3;5-6,8H,3-4,7H2,1-2H3;1H;/q-1;;;+2/p-1. The fourth-order valence-electron chi connectivity index (χ4n) is 1.42. The van der Waals surface area contributed by atoms with E-state index in [4.69, 9.17) is 10.8 Å². The van der Waals surface area contributed by atoms with E-state index in [1.165, 1.54) is 0 Å². The van der Waals surface area contributed by atoms with Crippen molar-refractivity contribution < 1.29 is 28.1 Å². The second kappa shape index (κ2) is 20.8. The van der Waals surface area contributed by atoms with Gasteiger partial charge in [-0.25, -0.2) is 0 Å². The number of hydrogen-bond acceptors (Lipinski definition) is 4. The summed E-state index contributed by atoms with van der Waals surface area (Å²) in [4.78, 5) is 12.0. The summed E-state index contributed by atoms with van der Waals surface area (Å²) in [7, 11) is 4.49. The van der Waals surface area contributed by atoms with Gasteiger partial charge in [0.1, 0.15) is 0 Å². The van der Waals surface area contributed by atoms with Crippen molar-refractivity contribution in [2.75, 3.05) is 26.2 Å². The number of aliphatic hydroxyl groups excluding tert-OH is 1. The fourth-order valence-corrected chi connectivity index (χ4v) is 1.42. The molecule has 0 aliphatic rings. The van der Waals surface area contributed by atoms with Crippen LogP contribution in [0.15, 0.2) is 0 Å². The van der Waals surface area contributed by atoms with E-state index in [0.717, 1.165) is 26.1 Å². The van der Waals surface area contributed by atoms with Crippen LogP contribution < -0.4 is 5.73 Å². The van der Waals surface area contributed by atoms with Crippen molar-refractivity contribution in [3.05, 3.63) is 0 Å². The Morgan fingerprint density at radius 3 is 2.00 bits per heavy atom. The van der Waals surface area contributed by atoms with Crippen LogP contribution in [0, 0.1) is 5.92 Å². The zero-order valence-electron chi connectivity index (χ0n) is 12.5. The van der Waals surface area contributed by atoms with Crippen LogP contribution in [0.2, 0.25) is 0 Å². The molecule has 0 aromatic carbocycles. The van der Waals surface area contributed by atoms with Crippen LogP contribution in [0.4, 0.5) is 0 Å². The van der Waals surface area contributed by atoms with Gasteiger partial charge in [0.25, 0.3) is 0 Å². The quantitative estimate of drug-likeness (QED) is 0.493. The first kappa shape index (κ1) is 24.5. The minimum absolute atomic E-state index is 0.0185. The number of hydrogen-bond donors (Lipinski definition) is 2. The molecule has 0 aliphatic carbocycles. The van der Waals surface area contributed by atoms with Gasteiger partial charge in [0.05, 0.1) is 6.61 Å². The van der Waals surface area contributed by atoms with Crippen LogP contribution in [0.5, 0.6) is 0 Å². The van der Waals surface area contributed by atoms with E-state index in [1.54, 1.807) is 0 Å². The number of carbonyl (C=O) groups excluding carboxylic acids is 1. The van der Waals surface area contributed by atoms with E-state index < -0.39 is 0 Å². The molecule has 120 valence electrons. The molecule has 0 spiro atoms. The van der Waals surface area contributed by atoms with Crippen LogP contribution in [-0.4, -0.2) is 48.6 Å². The Balaban J connectivity index is -0.000000239. The van der Waals surface area contributed by atoms with Crippen molar-refractivity contribution in [2.24, 2.45) is 11.7 Å². The SMILES string of the molecule is CC(C)CC(N)CO.CCN(CC)CC[C-]=O.[Cl][Pd+]. The second-order valence-corrected chi connectivity index (χ2v) is 4.49. The number of nitrogens with two attached hydrogens (primary N) is 1. The normalized spacial score (nSPS) is 11.3. The Morgan fingerprint density at radius 2 is 1.79 bits per heavy atom. The van der Waals surface area contributed by atoms with Gasteiger partial charge in [0.15, 0.2) is 0 Å². The first-order valence-electron chi connectivity index (χ1n) is 6.57. The Hall–Kier alpha value is 0.502. The van der Waals surface area contributed by atoms with Crippen molar-refractivity contribution in [3.8, 4) is 0 Å². The molecule has 0 saturated heterocycles. The fraction of sp³-hybridized carbons (Fsp3) is 0.923. The Kier molecular flexibility index (Phi) is 26.9. The molecule has 0 aromatic rings. The number of rotatable bonds is 8. The van der Waals surface area contributed by atoms with E-state index in [9.17, 15) is 4.79 Å². The third-order valence-electron chi connectivity index (χ3n) is 2.43. The number of halogens is 1. The Bertz CT molecular complexity index is 171. The van der Waals surface area contributed by atoms with Crippen molar-refractivity contribution >= 4 is 15.8 Å². The third-order valence-corrected chi connectivity index (χ3v) is 2.43. The summed E-state index contributed by atoms with van der Waals surface area (Å²) < 4.78 is 0. The molecule has 0 heterocycles. The summed E-state index contributed by atoms with van der Waals surface area (Å²) in [6.07, 6.45) is 3.33. The predicted octanol–water partition coefficient (Wildman–Crippen LogP) is 1.87.